The Kier molecular flexibility index (Phi) is 8.28. The molecule has 7 aromatic carbocycles. The van der Waals surface area contributed by atoms with Crippen LogP contribution in [0.25, 0.3) is 99.4 Å². The van der Waals surface area contributed by atoms with E-state index in [0.29, 0.717) is 23.3 Å². The summed E-state index contributed by atoms with van der Waals surface area (Å²) >= 11 is 1.77. The molecule has 0 saturated heterocycles. The molecule has 3 aromatic heterocycles. The zero-order chi connectivity index (χ0) is 36.6. The highest BCUT2D eigenvalue weighted by atomic mass is 32.1. The molecule has 0 amide bonds. The lowest BCUT2D eigenvalue weighted by atomic mass is 9.95. The van der Waals surface area contributed by atoms with Crippen LogP contribution in [0.3, 0.4) is 0 Å². The molecule has 0 aliphatic rings. The lowest BCUT2D eigenvalue weighted by Crippen LogP contribution is -2.00. The third kappa shape index (κ3) is 6.24. The van der Waals surface area contributed by atoms with E-state index < -0.39 is 0 Å². The minimum atomic E-state index is 0.650. The van der Waals surface area contributed by atoms with Gasteiger partial charge in [0.15, 0.2) is 23.3 Å². The first kappa shape index (κ1) is 32.5. The number of hydrogen-bond donors (Lipinski definition) is 0. The first-order chi connectivity index (χ1) is 27.2. The van der Waals surface area contributed by atoms with Crippen LogP contribution in [0.15, 0.2) is 188 Å². The summed E-state index contributed by atoms with van der Waals surface area (Å²) in [6, 6.07) is 64.6. The fraction of sp³-hybridized carbons (Fsp3) is 0. The van der Waals surface area contributed by atoms with Crippen molar-refractivity contribution in [2.24, 2.45) is 0 Å². The van der Waals surface area contributed by atoms with Crippen molar-refractivity contribution in [2.45, 2.75) is 0 Å². The SMILES string of the molecule is c1ccc(-c2cc(-c3ccccc3-c3ccc4sc5c(-c6nc(-c7ccccc7)nc(-c7ccccc7)n6)cccc5c4c3)nc(-c3ccccc3)n2)cc1. The van der Waals surface area contributed by atoms with E-state index in [1.165, 1.54) is 15.5 Å². The largest absolute Gasteiger partial charge is 0.228 e. The Bertz CT molecular complexity index is 2850. The summed E-state index contributed by atoms with van der Waals surface area (Å²) in [5, 5.41) is 2.35. The molecule has 0 spiro atoms. The van der Waals surface area contributed by atoms with Crippen molar-refractivity contribution >= 4 is 31.5 Å². The molecule has 0 atom stereocenters. The van der Waals surface area contributed by atoms with E-state index in [9.17, 15) is 0 Å². The Balaban J connectivity index is 1.11. The van der Waals surface area contributed by atoms with Crippen LogP contribution in [0.4, 0.5) is 0 Å². The lowest BCUT2D eigenvalue weighted by Gasteiger charge is -2.13. The molecule has 10 aromatic rings. The van der Waals surface area contributed by atoms with Gasteiger partial charge in [0.1, 0.15) is 0 Å². The minimum absolute atomic E-state index is 0.650. The van der Waals surface area contributed by atoms with E-state index in [-0.39, 0.29) is 0 Å². The van der Waals surface area contributed by atoms with Crippen molar-refractivity contribution in [3.05, 3.63) is 188 Å². The summed E-state index contributed by atoms with van der Waals surface area (Å²) in [6.07, 6.45) is 0. The number of nitrogens with zero attached hydrogens (tertiary/aromatic N) is 5. The van der Waals surface area contributed by atoms with Gasteiger partial charge in [-0.05, 0) is 35.4 Å². The van der Waals surface area contributed by atoms with Gasteiger partial charge in [-0.15, -0.1) is 11.3 Å². The number of rotatable bonds is 7. The number of thiophene rings is 1. The zero-order valence-electron chi connectivity index (χ0n) is 29.5. The monoisotopic (exact) mass is 721 g/mol. The summed E-state index contributed by atoms with van der Waals surface area (Å²) in [4.78, 5) is 25.2. The van der Waals surface area contributed by atoms with Crippen LogP contribution >= 0.6 is 11.3 Å². The van der Waals surface area contributed by atoms with Crippen LogP contribution in [0.1, 0.15) is 0 Å². The van der Waals surface area contributed by atoms with E-state index in [1.54, 1.807) is 11.3 Å². The van der Waals surface area contributed by atoms with Crippen molar-refractivity contribution in [1.82, 2.24) is 24.9 Å². The predicted molar refractivity (Wildman–Crippen MR) is 226 cm³/mol. The summed E-state index contributed by atoms with van der Waals surface area (Å²) in [6.45, 7) is 0. The molecule has 0 aliphatic carbocycles. The molecule has 0 saturated carbocycles. The summed E-state index contributed by atoms with van der Waals surface area (Å²) < 4.78 is 2.34. The third-order valence-electron chi connectivity index (χ3n) is 9.78. The lowest BCUT2D eigenvalue weighted by molar-refractivity contribution is 1.08. The summed E-state index contributed by atoms with van der Waals surface area (Å²) in [7, 11) is 0. The van der Waals surface area contributed by atoms with E-state index in [2.05, 4.69) is 91.0 Å². The normalized spacial score (nSPS) is 11.3. The van der Waals surface area contributed by atoms with Gasteiger partial charge in [0, 0.05) is 53.6 Å². The van der Waals surface area contributed by atoms with Crippen molar-refractivity contribution in [1.29, 1.82) is 0 Å². The highest BCUT2D eigenvalue weighted by molar-refractivity contribution is 7.26. The Hall–Kier alpha value is -7.15. The van der Waals surface area contributed by atoms with Crippen LogP contribution in [-0.2, 0) is 0 Å². The van der Waals surface area contributed by atoms with Crippen LogP contribution < -0.4 is 0 Å². The van der Waals surface area contributed by atoms with Gasteiger partial charge in [-0.25, -0.2) is 24.9 Å². The third-order valence-corrected chi connectivity index (χ3v) is 11.0. The van der Waals surface area contributed by atoms with Gasteiger partial charge in [-0.3, -0.25) is 0 Å². The molecule has 10 rings (SSSR count). The molecule has 0 fully saturated rings. The number of aromatic nitrogens is 5. The Morgan fingerprint density at radius 3 is 1.40 bits per heavy atom. The van der Waals surface area contributed by atoms with E-state index >= 15 is 0 Å². The molecular formula is C49H31N5S. The number of fused-ring (bicyclic) bond motifs is 3. The highest BCUT2D eigenvalue weighted by Gasteiger charge is 2.18. The van der Waals surface area contributed by atoms with E-state index in [4.69, 9.17) is 24.9 Å². The van der Waals surface area contributed by atoms with Crippen molar-refractivity contribution in [3.8, 4) is 79.2 Å². The molecule has 55 heavy (non-hydrogen) atoms. The van der Waals surface area contributed by atoms with E-state index in [0.717, 1.165) is 60.6 Å². The number of benzene rings is 7. The Labute approximate surface area is 322 Å². The standard InChI is InChI=1S/C49H31N5S/c1-5-16-32(17-6-1)42-31-43(51-46(50-42)33-18-7-2-8-19-33)38-25-14-13-24-37(38)36-28-29-44-41(30-36)39-26-15-27-40(45(39)55-44)49-53-47(34-20-9-3-10-21-34)52-48(54-49)35-22-11-4-12-23-35/h1-31H. The summed E-state index contributed by atoms with van der Waals surface area (Å²) in [5.74, 6) is 2.65. The molecular weight excluding hydrogens is 691 g/mol. The Morgan fingerprint density at radius 1 is 0.291 bits per heavy atom. The average molecular weight is 722 g/mol. The van der Waals surface area contributed by atoms with Gasteiger partial charge in [-0.2, -0.15) is 0 Å². The molecule has 0 bridgehead atoms. The molecule has 3 heterocycles. The minimum Gasteiger partial charge on any atom is -0.228 e. The molecule has 0 N–H and O–H groups in total. The molecule has 6 heteroatoms. The molecule has 0 aliphatic heterocycles. The van der Waals surface area contributed by atoms with Gasteiger partial charge in [-0.1, -0.05) is 164 Å². The van der Waals surface area contributed by atoms with Gasteiger partial charge in [0.2, 0.25) is 0 Å². The van der Waals surface area contributed by atoms with Crippen molar-refractivity contribution in [3.63, 3.8) is 0 Å². The number of hydrogen-bond acceptors (Lipinski definition) is 6. The first-order valence-corrected chi connectivity index (χ1v) is 19.0. The second kappa shape index (κ2) is 14.0. The summed E-state index contributed by atoms with van der Waals surface area (Å²) in [5.41, 5.74) is 9.94. The fourth-order valence-corrected chi connectivity index (χ4v) is 8.28. The smallest absolute Gasteiger partial charge is 0.165 e. The second-order valence-electron chi connectivity index (χ2n) is 13.3. The fourth-order valence-electron chi connectivity index (χ4n) is 7.09. The maximum atomic E-state index is 5.16. The molecule has 258 valence electrons. The van der Waals surface area contributed by atoms with Crippen molar-refractivity contribution < 1.29 is 0 Å². The quantitative estimate of drug-likeness (QED) is 0.164. The Morgan fingerprint density at radius 2 is 0.782 bits per heavy atom. The topological polar surface area (TPSA) is 64.5 Å². The van der Waals surface area contributed by atoms with Gasteiger partial charge in [0.05, 0.1) is 11.4 Å². The molecule has 0 unspecified atom stereocenters. The highest BCUT2D eigenvalue weighted by Crippen LogP contribution is 2.42. The first-order valence-electron chi connectivity index (χ1n) is 18.2. The van der Waals surface area contributed by atoms with Crippen LogP contribution in [-0.4, -0.2) is 24.9 Å². The van der Waals surface area contributed by atoms with Gasteiger partial charge in [0.25, 0.3) is 0 Å². The maximum absolute atomic E-state index is 5.16. The second-order valence-corrected chi connectivity index (χ2v) is 14.3. The van der Waals surface area contributed by atoms with Gasteiger partial charge < -0.3 is 0 Å². The van der Waals surface area contributed by atoms with Crippen molar-refractivity contribution in [2.75, 3.05) is 0 Å². The van der Waals surface area contributed by atoms with Gasteiger partial charge >= 0.3 is 0 Å². The van der Waals surface area contributed by atoms with Crippen LogP contribution in [0.5, 0.6) is 0 Å². The maximum Gasteiger partial charge on any atom is 0.165 e. The molecule has 0 radical (unpaired) electrons. The van der Waals surface area contributed by atoms with E-state index in [1.807, 2.05) is 97.1 Å². The zero-order valence-corrected chi connectivity index (χ0v) is 30.4. The van der Waals surface area contributed by atoms with Crippen LogP contribution in [0, 0.1) is 0 Å². The van der Waals surface area contributed by atoms with Crippen LogP contribution in [0.2, 0.25) is 0 Å². The average Bonchev–Trinajstić information content (AvgIpc) is 3.65. The molecule has 5 nitrogen and oxygen atoms in total. The predicted octanol–water partition coefficient (Wildman–Crippen LogP) is 12.7.